The molecule has 1 N–H and O–H groups in total. The van der Waals surface area contributed by atoms with Crippen LogP contribution in [0.25, 0.3) is 0 Å². The number of aromatic nitrogens is 1. The van der Waals surface area contributed by atoms with Crippen molar-refractivity contribution >= 4 is 40.5 Å². The number of hydrogen-bond acceptors (Lipinski definition) is 4. The van der Waals surface area contributed by atoms with Gasteiger partial charge < -0.3 is 5.32 Å². The average Bonchev–Trinajstić information content (AvgIpc) is 2.42. The first-order chi connectivity index (χ1) is 9.86. The number of halogens is 2. The van der Waals surface area contributed by atoms with Gasteiger partial charge in [0.05, 0.1) is 10.6 Å². The number of pyridine rings is 1. The van der Waals surface area contributed by atoms with Crippen LogP contribution >= 0.6 is 23.2 Å². The Bertz CT molecular complexity index is 735. The highest BCUT2D eigenvalue weighted by Gasteiger charge is 2.15. The van der Waals surface area contributed by atoms with Gasteiger partial charge in [-0.25, -0.2) is 4.98 Å². The Hall–Kier alpha value is -2.18. The maximum Gasteiger partial charge on any atom is 0.271 e. The number of non-ortho nitro benzene ring substituents is 1. The van der Waals surface area contributed by atoms with E-state index in [1.807, 2.05) is 0 Å². The van der Waals surface area contributed by atoms with Crippen LogP contribution in [0, 0.1) is 17.0 Å². The predicted octanol–water partition coefficient (Wildman–Crippen LogP) is 3.86. The lowest BCUT2D eigenvalue weighted by Gasteiger charge is -2.07. The molecule has 0 spiro atoms. The first-order valence-corrected chi connectivity index (χ1v) is 6.51. The van der Waals surface area contributed by atoms with Crippen LogP contribution < -0.4 is 5.32 Å². The third-order valence-corrected chi connectivity index (χ3v) is 3.10. The smallest absolute Gasteiger partial charge is 0.271 e. The van der Waals surface area contributed by atoms with E-state index in [0.717, 1.165) is 11.6 Å². The summed E-state index contributed by atoms with van der Waals surface area (Å²) in [6.07, 6.45) is 1.56. The second-order valence-corrected chi connectivity index (χ2v) is 5.05. The number of carbonyl (C=O) groups excluding carboxylic acids is 1. The minimum atomic E-state index is -0.621. The van der Waals surface area contributed by atoms with Gasteiger partial charge in [-0.2, -0.15) is 0 Å². The normalized spacial score (nSPS) is 10.2. The van der Waals surface area contributed by atoms with Crippen LogP contribution in [0.5, 0.6) is 0 Å². The summed E-state index contributed by atoms with van der Waals surface area (Å²) in [6.45, 7) is 1.79. The molecule has 6 nitrogen and oxygen atoms in total. The maximum atomic E-state index is 12.1. The average molecular weight is 326 g/mol. The van der Waals surface area contributed by atoms with Gasteiger partial charge in [0.15, 0.2) is 5.15 Å². The summed E-state index contributed by atoms with van der Waals surface area (Å²) in [4.78, 5) is 26.2. The van der Waals surface area contributed by atoms with Gasteiger partial charge in [-0.15, -0.1) is 0 Å². The molecule has 0 aliphatic rings. The van der Waals surface area contributed by atoms with E-state index < -0.39 is 10.8 Å². The van der Waals surface area contributed by atoms with Crippen LogP contribution in [-0.4, -0.2) is 15.8 Å². The molecule has 1 amide bonds. The lowest BCUT2D eigenvalue weighted by Crippen LogP contribution is -2.13. The van der Waals surface area contributed by atoms with E-state index in [-0.39, 0.29) is 21.4 Å². The summed E-state index contributed by atoms with van der Waals surface area (Å²) in [5, 5.41) is 13.5. The summed E-state index contributed by atoms with van der Waals surface area (Å²) >= 11 is 11.7. The number of nitro groups is 1. The summed E-state index contributed by atoms with van der Waals surface area (Å²) < 4.78 is 0. The van der Waals surface area contributed by atoms with E-state index in [0.29, 0.717) is 5.69 Å². The highest BCUT2D eigenvalue weighted by molar-refractivity contribution is 6.33. The van der Waals surface area contributed by atoms with Crippen LogP contribution in [0.1, 0.15) is 15.9 Å². The van der Waals surface area contributed by atoms with Crippen LogP contribution in [-0.2, 0) is 0 Å². The molecule has 8 heteroatoms. The maximum absolute atomic E-state index is 12.1. The van der Waals surface area contributed by atoms with Crippen molar-refractivity contribution in [1.29, 1.82) is 0 Å². The fraction of sp³-hybridized carbons (Fsp3) is 0.0769. The second kappa shape index (κ2) is 6.07. The fourth-order valence-electron chi connectivity index (χ4n) is 1.65. The molecule has 0 aliphatic carbocycles. The quantitative estimate of drug-likeness (QED) is 0.527. The topological polar surface area (TPSA) is 85.1 Å². The van der Waals surface area contributed by atoms with Gasteiger partial charge in [-0.3, -0.25) is 14.9 Å². The third-order valence-electron chi connectivity index (χ3n) is 2.58. The molecule has 0 bridgehead atoms. The highest BCUT2D eigenvalue weighted by Crippen LogP contribution is 2.24. The summed E-state index contributed by atoms with van der Waals surface area (Å²) in [6, 6.07) is 5.28. The first kappa shape index (κ1) is 15.2. The Morgan fingerprint density at radius 2 is 2.00 bits per heavy atom. The van der Waals surface area contributed by atoms with E-state index in [9.17, 15) is 14.9 Å². The zero-order valence-electron chi connectivity index (χ0n) is 10.8. The van der Waals surface area contributed by atoms with E-state index >= 15 is 0 Å². The van der Waals surface area contributed by atoms with Crippen molar-refractivity contribution in [3.8, 4) is 0 Å². The molecule has 1 aromatic carbocycles. The number of benzene rings is 1. The monoisotopic (exact) mass is 325 g/mol. The summed E-state index contributed by atoms with van der Waals surface area (Å²) in [7, 11) is 0. The Balaban J connectivity index is 2.32. The largest absolute Gasteiger partial charge is 0.319 e. The fourth-order valence-corrected chi connectivity index (χ4v) is 2.03. The van der Waals surface area contributed by atoms with Gasteiger partial charge >= 0.3 is 0 Å². The minimum absolute atomic E-state index is 0.0618. The van der Waals surface area contributed by atoms with Gasteiger partial charge in [-0.1, -0.05) is 23.2 Å². The SMILES string of the molecule is Cc1cnc(Cl)c(NC(=O)c2cc(Cl)cc([N+](=O)[O-])c2)c1. The lowest BCUT2D eigenvalue weighted by molar-refractivity contribution is -0.384. The van der Waals surface area contributed by atoms with E-state index in [2.05, 4.69) is 10.3 Å². The number of nitro benzene ring substituents is 1. The minimum Gasteiger partial charge on any atom is -0.319 e. The highest BCUT2D eigenvalue weighted by atomic mass is 35.5. The molecule has 2 rings (SSSR count). The molecule has 1 aromatic heterocycles. The van der Waals surface area contributed by atoms with Crippen molar-refractivity contribution in [3.63, 3.8) is 0 Å². The molecule has 0 atom stereocenters. The van der Waals surface area contributed by atoms with Gasteiger partial charge in [0.25, 0.3) is 11.6 Å². The van der Waals surface area contributed by atoms with Gasteiger partial charge in [-0.05, 0) is 24.6 Å². The number of nitrogens with zero attached hydrogens (tertiary/aromatic N) is 2. The van der Waals surface area contributed by atoms with Crippen molar-refractivity contribution in [1.82, 2.24) is 4.98 Å². The zero-order valence-corrected chi connectivity index (χ0v) is 12.3. The van der Waals surface area contributed by atoms with Gasteiger partial charge in [0, 0.05) is 28.9 Å². The van der Waals surface area contributed by atoms with Gasteiger partial charge in [0.2, 0.25) is 0 Å². The predicted molar refractivity (Wildman–Crippen MR) is 80.0 cm³/mol. The number of aryl methyl sites for hydroxylation is 1. The van der Waals surface area contributed by atoms with Crippen LogP contribution in [0.2, 0.25) is 10.2 Å². The lowest BCUT2D eigenvalue weighted by atomic mass is 10.2. The van der Waals surface area contributed by atoms with Crippen LogP contribution in [0.4, 0.5) is 11.4 Å². The Labute approximate surface area is 129 Å². The van der Waals surface area contributed by atoms with Crippen LogP contribution in [0.15, 0.2) is 30.5 Å². The number of carbonyl (C=O) groups is 1. The molecule has 0 unspecified atom stereocenters. The Morgan fingerprint density at radius 3 is 2.67 bits per heavy atom. The van der Waals surface area contributed by atoms with Crippen molar-refractivity contribution < 1.29 is 9.72 Å². The molecular formula is C13H9Cl2N3O3. The number of hydrogen-bond donors (Lipinski definition) is 1. The van der Waals surface area contributed by atoms with E-state index in [1.165, 1.54) is 12.1 Å². The van der Waals surface area contributed by atoms with Crippen molar-refractivity contribution in [2.75, 3.05) is 5.32 Å². The molecule has 0 fully saturated rings. The molecule has 108 valence electrons. The Kier molecular flexibility index (Phi) is 4.40. The van der Waals surface area contributed by atoms with E-state index in [4.69, 9.17) is 23.2 Å². The number of rotatable bonds is 3. The molecule has 1 heterocycles. The van der Waals surface area contributed by atoms with E-state index in [1.54, 1.807) is 19.2 Å². The zero-order chi connectivity index (χ0) is 15.6. The number of anilines is 1. The molecule has 0 aliphatic heterocycles. The Morgan fingerprint density at radius 1 is 1.29 bits per heavy atom. The van der Waals surface area contributed by atoms with Gasteiger partial charge in [0.1, 0.15) is 0 Å². The number of nitrogens with one attached hydrogen (secondary N) is 1. The first-order valence-electron chi connectivity index (χ1n) is 5.75. The molecule has 0 radical (unpaired) electrons. The van der Waals surface area contributed by atoms with Crippen molar-refractivity contribution in [2.45, 2.75) is 6.92 Å². The van der Waals surface area contributed by atoms with Crippen molar-refractivity contribution in [2.24, 2.45) is 0 Å². The number of amides is 1. The standard InChI is InChI=1S/C13H9Cl2N3O3/c1-7-2-11(12(15)16-6-7)17-13(19)8-3-9(14)5-10(4-8)18(20)21/h2-6H,1H3,(H,17,19). The second-order valence-electron chi connectivity index (χ2n) is 4.26. The van der Waals surface area contributed by atoms with Crippen molar-refractivity contribution in [3.05, 3.63) is 61.9 Å². The molecule has 0 saturated carbocycles. The molecule has 0 saturated heterocycles. The molecular weight excluding hydrogens is 317 g/mol. The molecule has 21 heavy (non-hydrogen) atoms. The summed E-state index contributed by atoms with van der Waals surface area (Å²) in [5.41, 5.74) is 0.934. The van der Waals surface area contributed by atoms with Crippen LogP contribution in [0.3, 0.4) is 0 Å². The summed E-state index contributed by atoms with van der Waals surface area (Å²) in [5.74, 6) is -0.560. The molecule has 2 aromatic rings. The third kappa shape index (κ3) is 3.68.